The first-order valence-electron chi connectivity index (χ1n) is 9.91. The Morgan fingerprint density at radius 1 is 0.828 bits per heavy atom. The van der Waals surface area contributed by atoms with Gasteiger partial charge in [0.25, 0.3) is 0 Å². The molecule has 0 aliphatic carbocycles. The van der Waals surface area contributed by atoms with Crippen LogP contribution in [0.1, 0.15) is 30.0 Å². The van der Waals surface area contributed by atoms with E-state index in [9.17, 15) is 4.79 Å². The molecule has 0 saturated heterocycles. The van der Waals surface area contributed by atoms with Gasteiger partial charge in [-0.2, -0.15) is 0 Å². The van der Waals surface area contributed by atoms with Crippen molar-refractivity contribution < 1.29 is 9.53 Å². The SMILES string of the molecule is CCOC(=O)/C=C/CCSC(c1ccccc1)(c1ccccc1)c1ccccc1. The second kappa shape index (κ2) is 10.7. The van der Waals surface area contributed by atoms with Crippen molar-refractivity contribution in [1.29, 1.82) is 0 Å². The van der Waals surface area contributed by atoms with E-state index in [1.54, 1.807) is 0 Å². The topological polar surface area (TPSA) is 26.3 Å². The van der Waals surface area contributed by atoms with Crippen LogP contribution < -0.4 is 0 Å². The molecular weight excluding hydrogens is 376 g/mol. The van der Waals surface area contributed by atoms with E-state index in [1.807, 2.05) is 24.8 Å². The van der Waals surface area contributed by atoms with Crippen LogP contribution in [0.4, 0.5) is 0 Å². The average molecular weight is 403 g/mol. The predicted molar refractivity (Wildman–Crippen MR) is 122 cm³/mol. The molecule has 0 spiro atoms. The van der Waals surface area contributed by atoms with Crippen LogP contribution in [-0.2, 0) is 14.3 Å². The molecule has 0 amide bonds. The van der Waals surface area contributed by atoms with Crippen molar-refractivity contribution in [2.75, 3.05) is 12.4 Å². The normalized spacial score (nSPS) is 11.5. The number of benzene rings is 3. The van der Waals surface area contributed by atoms with Gasteiger partial charge in [-0.15, -0.1) is 11.8 Å². The van der Waals surface area contributed by atoms with E-state index < -0.39 is 0 Å². The minimum atomic E-state index is -0.318. The molecule has 0 N–H and O–H groups in total. The standard InChI is InChI=1S/C26H26O2S/c1-2-28-25(27)20-12-13-21-29-26(22-14-6-3-7-15-22,23-16-8-4-9-17-23)24-18-10-5-11-19-24/h3-12,14-20H,2,13,21H2,1H3/b20-12+. The number of rotatable bonds is 9. The Morgan fingerprint density at radius 3 is 1.69 bits per heavy atom. The Bertz CT molecular complexity index is 809. The predicted octanol–water partition coefficient (Wildman–Crippen LogP) is 6.22. The molecule has 3 rings (SSSR count). The molecule has 0 aliphatic rings. The average Bonchev–Trinajstić information content (AvgIpc) is 2.78. The van der Waals surface area contributed by atoms with Gasteiger partial charge < -0.3 is 4.74 Å². The summed E-state index contributed by atoms with van der Waals surface area (Å²) in [5.74, 6) is 0.590. The molecule has 0 saturated carbocycles. The minimum absolute atomic E-state index is 0.280. The van der Waals surface area contributed by atoms with Gasteiger partial charge >= 0.3 is 5.97 Å². The molecule has 0 unspecified atom stereocenters. The van der Waals surface area contributed by atoms with E-state index in [0.717, 1.165) is 12.2 Å². The van der Waals surface area contributed by atoms with Crippen LogP contribution in [0.2, 0.25) is 0 Å². The smallest absolute Gasteiger partial charge is 0.330 e. The van der Waals surface area contributed by atoms with Crippen LogP contribution in [0.3, 0.4) is 0 Å². The zero-order valence-electron chi connectivity index (χ0n) is 16.7. The zero-order valence-corrected chi connectivity index (χ0v) is 17.5. The first kappa shape index (κ1) is 20.9. The Balaban J connectivity index is 1.96. The molecule has 3 aromatic carbocycles. The molecule has 0 fully saturated rings. The van der Waals surface area contributed by atoms with Crippen LogP contribution in [0, 0.1) is 0 Å². The van der Waals surface area contributed by atoms with Gasteiger partial charge in [0.05, 0.1) is 11.4 Å². The van der Waals surface area contributed by atoms with Crippen LogP contribution in [0.25, 0.3) is 0 Å². The maximum Gasteiger partial charge on any atom is 0.330 e. The molecule has 0 atom stereocenters. The maximum absolute atomic E-state index is 11.6. The molecular formula is C26H26O2S. The number of carbonyl (C=O) groups is 1. The van der Waals surface area contributed by atoms with Crippen LogP contribution in [0.15, 0.2) is 103 Å². The quantitative estimate of drug-likeness (QED) is 0.184. The Kier molecular flexibility index (Phi) is 7.71. The molecule has 148 valence electrons. The van der Waals surface area contributed by atoms with E-state index in [0.29, 0.717) is 6.61 Å². The molecule has 0 aromatic heterocycles. The first-order chi connectivity index (χ1) is 14.3. The van der Waals surface area contributed by atoms with E-state index in [-0.39, 0.29) is 10.7 Å². The fourth-order valence-corrected chi connectivity index (χ4v) is 4.89. The van der Waals surface area contributed by atoms with Gasteiger partial charge in [-0.25, -0.2) is 4.79 Å². The summed E-state index contributed by atoms with van der Waals surface area (Å²) in [4.78, 5) is 11.6. The van der Waals surface area contributed by atoms with Crippen LogP contribution >= 0.6 is 11.8 Å². The van der Waals surface area contributed by atoms with Crippen molar-refractivity contribution >= 4 is 17.7 Å². The second-order valence-corrected chi connectivity index (χ2v) is 7.88. The summed E-state index contributed by atoms with van der Waals surface area (Å²) in [5.41, 5.74) is 3.74. The molecule has 3 aromatic rings. The molecule has 29 heavy (non-hydrogen) atoms. The van der Waals surface area contributed by atoms with Crippen molar-refractivity contribution in [3.05, 3.63) is 120 Å². The third kappa shape index (κ3) is 5.18. The van der Waals surface area contributed by atoms with Crippen molar-refractivity contribution in [1.82, 2.24) is 0 Å². The van der Waals surface area contributed by atoms with E-state index in [1.165, 1.54) is 22.8 Å². The first-order valence-corrected chi connectivity index (χ1v) is 10.9. The minimum Gasteiger partial charge on any atom is -0.463 e. The lowest BCUT2D eigenvalue weighted by Gasteiger charge is -2.35. The van der Waals surface area contributed by atoms with Gasteiger partial charge in [-0.05, 0) is 35.8 Å². The molecule has 0 radical (unpaired) electrons. The van der Waals surface area contributed by atoms with Crippen molar-refractivity contribution in [3.8, 4) is 0 Å². The summed E-state index contributed by atoms with van der Waals surface area (Å²) in [6.07, 6.45) is 4.22. The third-order valence-electron chi connectivity index (χ3n) is 4.68. The summed E-state index contributed by atoms with van der Waals surface area (Å²) in [5, 5.41) is 0. The summed E-state index contributed by atoms with van der Waals surface area (Å²) in [7, 11) is 0. The highest BCUT2D eigenvalue weighted by atomic mass is 32.2. The second-order valence-electron chi connectivity index (χ2n) is 6.57. The van der Waals surface area contributed by atoms with Gasteiger partial charge in [0.1, 0.15) is 0 Å². The summed E-state index contributed by atoms with van der Waals surface area (Å²) in [6, 6.07) is 31.9. The molecule has 2 nitrogen and oxygen atoms in total. The van der Waals surface area contributed by atoms with Crippen molar-refractivity contribution in [2.45, 2.75) is 18.1 Å². The summed E-state index contributed by atoms with van der Waals surface area (Å²) < 4.78 is 4.65. The number of ether oxygens (including phenoxy) is 1. The lowest BCUT2D eigenvalue weighted by Crippen LogP contribution is -2.26. The number of hydrogen-bond acceptors (Lipinski definition) is 3. The van der Waals surface area contributed by atoms with Gasteiger partial charge in [0.2, 0.25) is 0 Å². The number of thioether (sulfide) groups is 1. The maximum atomic E-state index is 11.6. The lowest BCUT2D eigenvalue weighted by atomic mass is 9.84. The monoisotopic (exact) mass is 402 g/mol. The van der Waals surface area contributed by atoms with E-state index >= 15 is 0 Å². The number of hydrogen-bond donors (Lipinski definition) is 0. The van der Waals surface area contributed by atoms with E-state index in [2.05, 4.69) is 91.0 Å². The zero-order chi connectivity index (χ0) is 20.4. The van der Waals surface area contributed by atoms with Gasteiger partial charge in [-0.3, -0.25) is 0 Å². The lowest BCUT2D eigenvalue weighted by molar-refractivity contribution is -0.137. The number of allylic oxidation sites excluding steroid dienone is 1. The van der Waals surface area contributed by atoms with Crippen molar-refractivity contribution in [2.24, 2.45) is 0 Å². The molecule has 0 aliphatic heterocycles. The Morgan fingerprint density at radius 2 is 1.28 bits per heavy atom. The largest absolute Gasteiger partial charge is 0.463 e. The third-order valence-corrected chi connectivity index (χ3v) is 6.26. The highest BCUT2D eigenvalue weighted by Gasteiger charge is 2.36. The fraction of sp³-hybridized carbons (Fsp3) is 0.192. The van der Waals surface area contributed by atoms with Crippen LogP contribution in [0.5, 0.6) is 0 Å². The summed E-state index contributed by atoms with van der Waals surface area (Å²) >= 11 is 1.89. The van der Waals surface area contributed by atoms with Crippen LogP contribution in [-0.4, -0.2) is 18.3 Å². The summed E-state index contributed by atoms with van der Waals surface area (Å²) in [6.45, 7) is 2.21. The Labute approximate surface area is 177 Å². The van der Waals surface area contributed by atoms with Gasteiger partial charge in [0.15, 0.2) is 0 Å². The van der Waals surface area contributed by atoms with E-state index in [4.69, 9.17) is 4.74 Å². The Hall–Kier alpha value is -2.78. The number of esters is 1. The van der Waals surface area contributed by atoms with Crippen molar-refractivity contribution in [3.63, 3.8) is 0 Å². The molecule has 0 heterocycles. The highest BCUT2D eigenvalue weighted by molar-refractivity contribution is 8.00. The number of carbonyl (C=O) groups excluding carboxylic acids is 1. The molecule has 0 bridgehead atoms. The molecule has 3 heteroatoms. The highest BCUT2D eigenvalue weighted by Crippen LogP contribution is 2.48. The fourth-order valence-electron chi connectivity index (χ4n) is 3.42. The van der Waals surface area contributed by atoms with Gasteiger partial charge in [-0.1, -0.05) is 97.1 Å². The van der Waals surface area contributed by atoms with Gasteiger partial charge in [0, 0.05) is 6.08 Å².